The number of hydrogen-bond acceptors (Lipinski definition) is 2. The van der Waals surface area contributed by atoms with Crippen LogP contribution in [-0.4, -0.2) is 17.0 Å². The molecule has 108 valence electrons. The molecule has 0 aromatic heterocycles. The molecule has 0 spiro atoms. The standard InChI is InChI=1S/C14H8Cl3NO3/c15-9-3-1-7(5-10(9)16)13(19)18-12-4-2-8(14(20)21)6-11(12)17/h1-6H,(H,18,19)(H,20,21). The molecule has 0 aliphatic carbocycles. The van der Waals surface area contributed by atoms with E-state index in [0.29, 0.717) is 16.3 Å². The molecule has 0 heterocycles. The summed E-state index contributed by atoms with van der Waals surface area (Å²) in [4.78, 5) is 22.9. The lowest BCUT2D eigenvalue weighted by Gasteiger charge is -2.08. The smallest absolute Gasteiger partial charge is 0.335 e. The number of benzene rings is 2. The first kappa shape index (κ1) is 15.6. The van der Waals surface area contributed by atoms with Crippen LogP contribution in [-0.2, 0) is 0 Å². The second-order valence-corrected chi connectivity index (χ2v) is 5.30. The zero-order valence-electron chi connectivity index (χ0n) is 10.4. The third-order valence-electron chi connectivity index (χ3n) is 2.65. The molecule has 0 radical (unpaired) electrons. The van der Waals surface area contributed by atoms with E-state index in [-0.39, 0.29) is 15.6 Å². The van der Waals surface area contributed by atoms with Gasteiger partial charge in [-0.2, -0.15) is 0 Å². The second kappa shape index (κ2) is 6.35. The quantitative estimate of drug-likeness (QED) is 0.855. The van der Waals surface area contributed by atoms with Gasteiger partial charge in [0.25, 0.3) is 5.91 Å². The van der Waals surface area contributed by atoms with Crippen LogP contribution in [0.1, 0.15) is 20.7 Å². The Morgan fingerprint density at radius 1 is 0.857 bits per heavy atom. The molecule has 0 aliphatic rings. The number of carbonyl (C=O) groups is 2. The monoisotopic (exact) mass is 343 g/mol. The van der Waals surface area contributed by atoms with Gasteiger partial charge in [0.05, 0.1) is 26.3 Å². The van der Waals surface area contributed by atoms with Crippen molar-refractivity contribution in [2.75, 3.05) is 5.32 Å². The maximum Gasteiger partial charge on any atom is 0.335 e. The molecule has 0 bridgehead atoms. The summed E-state index contributed by atoms with van der Waals surface area (Å²) < 4.78 is 0. The van der Waals surface area contributed by atoms with Crippen LogP contribution in [0.2, 0.25) is 15.1 Å². The van der Waals surface area contributed by atoms with Crippen LogP contribution in [0.3, 0.4) is 0 Å². The van der Waals surface area contributed by atoms with Crippen molar-refractivity contribution in [1.29, 1.82) is 0 Å². The SMILES string of the molecule is O=C(O)c1ccc(NC(=O)c2ccc(Cl)c(Cl)c2)c(Cl)c1. The van der Waals surface area contributed by atoms with Crippen molar-refractivity contribution >= 4 is 52.4 Å². The minimum absolute atomic E-state index is 0.0348. The highest BCUT2D eigenvalue weighted by molar-refractivity contribution is 6.42. The molecule has 0 saturated heterocycles. The predicted molar refractivity (Wildman–Crippen MR) is 82.8 cm³/mol. The fourth-order valence-electron chi connectivity index (χ4n) is 1.58. The number of nitrogens with one attached hydrogen (secondary N) is 1. The number of halogens is 3. The van der Waals surface area contributed by atoms with Gasteiger partial charge < -0.3 is 10.4 Å². The van der Waals surface area contributed by atoms with Gasteiger partial charge in [-0.25, -0.2) is 4.79 Å². The van der Waals surface area contributed by atoms with E-state index in [1.807, 2.05) is 0 Å². The highest BCUT2D eigenvalue weighted by atomic mass is 35.5. The lowest BCUT2D eigenvalue weighted by Crippen LogP contribution is -2.12. The fraction of sp³-hybridized carbons (Fsp3) is 0. The average molecular weight is 345 g/mol. The van der Waals surface area contributed by atoms with Gasteiger partial charge in [-0.1, -0.05) is 34.8 Å². The first-order valence-corrected chi connectivity index (χ1v) is 6.81. The van der Waals surface area contributed by atoms with Crippen LogP contribution < -0.4 is 5.32 Å². The van der Waals surface area contributed by atoms with Gasteiger partial charge in [0.2, 0.25) is 0 Å². The number of aromatic carboxylic acids is 1. The molecule has 2 aromatic rings. The number of carbonyl (C=O) groups excluding carboxylic acids is 1. The van der Waals surface area contributed by atoms with Crippen molar-refractivity contribution in [2.24, 2.45) is 0 Å². The van der Waals surface area contributed by atoms with Crippen molar-refractivity contribution in [3.05, 3.63) is 62.6 Å². The van der Waals surface area contributed by atoms with Gasteiger partial charge >= 0.3 is 5.97 Å². The first-order valence-electron chi connectivity index (χ1n) is 5.67. The van der Waals surface area contributed by atoms with E-state index in [2.05, 4.69) is 5.32 Å². The molecule has 0 atom stereocenters. The zero-order valence-corrected chi connectivity index (χ0v) is 12.6. The second-order valence-electron chi connectivity index (χ2n) is 4.08. The maximum atomic E-state index is 12.1. The lowest BCUT2D eigenvalue weighted by molar-refractivity contribution is 0.0696. The fourth-order valence-corrected chi connectivity index (χ4v) is 2.11. The Morgan fingerprint density at radius 2 is 1.48 bits per heavy atom. The molecule has 4 nitrogen and oxygen atoms in total. The van der Waals surface area contributed by atoms with Crippen molar-refractivity contribution in [1.82, 2.24) is 0 Å². The summed E-state index contributed by atoms with van der Waals surface area (Å²) in [5, 5.41) is 12.2. The zero-order chi connectivity index (χ0) is 15.6. The highest BCUT2D eigenvalue weighted by Crippen LogP contribution is 2.26. The van der Waals surface area contributed by atoms with Gasteiger partial charge in [0.15, 0.2) is 0 Å². The molecule has 0 saturated carbocycles. The van der Waals surface area contributed by atoms with E-state index in [1.54, 1.807) is 0 Å². The average Bonchev–Trinajstić information content (AvgIpc) is 2.43. The van der Waals surface area contributed by atoms with Crippen molar-refractivity contribution in [3.8, 4) is 0 Å². The number of anilines is 1. The predicted octanol–water partition coefficient (Wildman–Crippen LogP) is 4.60. The summed E-state index contributed by atoms with van der Waals surface area (Å²) >= 11 is 17.6. The molecule has 21 heavy (non-hydrogen) atoms. The summed E-state index contributed by atoms with van der Waals surface area (Å²) in [6, 6.07) is 8.48. The largest absolute Gasteiger partial charge is 0.478 e. The maximum absolute atomic E-state index is 12.1. The Kier molecular flexibility index (Phi) is 4.73. The van der Waals surface area contributed by atoms with Gasteiger partial charge in [0, 0.05) is 5.56 Å². The van der Waals surface area contributed by atoms with Crippen molar-refractivity contribution in [3.63, 3.8) is 0 Å². The third kappa shape index (κ3) is 3.67. The summed E-state index contributed by atoms with van der Waals surface area (Å²) in [5.74, 6) is -1.53. The Labute approximate surface area is 135 Å². The Morgan fingerprint density at radius 3 is 2.05 bits per heavy atom. The van der Waals surface area contributed by atoms with Crippen LogP contribution in [0, 0.1) is 0 Å². The van der Waals surface area contributed by atoms with Crippen LogP contribution >= 0.6 is 34.8 Å². The minimum Gasteiger partial charge on any atom is -0.478 e. The number of amides is 1. The van der Waals surface area contributed by atoms with E-state index in [9.17, 15) is 9.59 Å². The van der Waals surface area contributed by atoms with Crippen LogP contribution in [0.15, 0.2) is 36.4 Å². The number of carboxylic acid groups (broad SMARTS) is 1. The summed E-state index contributed by atoms with van der Waals surface area (Å²) in [7, 11) is 0. The lowest BCUT2D eigenvalue weighted by atomic mass is 10.2. The Balaban J connectivity index is 2.23. The van der Waals surface area contributed by atoms with Gasteiger partial charge in [0.1, 0.15) is 0 Å². The number of hydrogen-bond donors (Lipinski definition) is 2. The molecular formula is C14H8Cl3NO3. The van der Waals surface area contributed by atoms with E-state index >= 15 is 0 Å². The Bertz CT molecular complexity index is 731. The van der Waals surface area contributed by atoms with Gasteiger partial charge in [-0.05, 0) is 36.4 Å². The number of rotatable bonds is 3. The van der Waals surface area contributed by atoms with E-state index < -0.39 is 11.9 Å². The summed E-state index contributed by atoms with van der Waals surface area (Å²) in [6.45, 7) is 0. The first-order chi connectivity index (χ1) is 9.88. The molecule has 0 unspecified atom stereocenters. The van der Waals surface area contributed by atoms with E-state index in [4.69, 9.17) is 39.9 Å². The van der Waals surface area contributed by atoms with Crippen molar-refractivity contribution in [2.45, 2.75) is 0 Å². The normalized spacial score (nSPS) is 10.2. The molecule has 7 heteroatoms. The van der Waals surface area contributed by atoms with Crippen LogP contribution in [0.25, 0.3) is 0 Å². The summed E-state index contributed by atoms with van der Waals surface area (Å²) in [6.07, 6.45) is 0. The van der Waals surface area contributed by atoms with Crippen LogP contribution in [0.5, 0.6) is 0 Å². The summed E-state index contributed by atoms with van der Waals surface area (Å²) in [5.41, 5.74) is 0.646. The molecule has 2 rings (SSSR count). The Hall–Kier alpha value is -1.75. The van der Waals surface area contributed by atoms with Crippen molar-refractivity contribution < 1.29 is 14.7 Å². The van der Waals surface area contributed by atoms with Gasteiger partial charge in [-0.3, -0.25) is 4.79 Å². The molecule has 0 fully saturated rings. The highest BCUT2D eigenvalue weighted by Gasteiger charge is 2.12. The van der Waals surface area contributed by atoms with E-state index in [0.717, 1.165) is 0 Å². The molecule has 0 aliphatic heterocycles. The third-order valence-corrected chi connectivity index (χ3v) is 3.70. The van der Waals surface area contributed by atoms with Crippen LogP contribution in [0.4, 0.5) is 5.69 Å². The molecule has 1 amide bonds. The number of carboxylic acids is 1. The van der Waals surface area contributed by atoms with Gasteiger partial charge in [-0.15, -0.1) is 0 Å². The topological polar surface area (TPSA) is 66.4 Å². The minimum atomic E-state index is -1.10. The van der Waals surface area contributed by atoms with E-state index in [1.165, 1.54) is 36.4 Å². The molecule has 2 aromatic carbocycles. The molecular weight excluding hydrogens is 337 g/mol. The molecule has 2 N–H and O–H groups in total.